The lowest BCUT2D eigenvalue weighted by Gasteiger charge is -2.31. The minimum Gasteiger partial charge on any atom is -0.480 e. The van der Waals surface area contributed by atoms with Gasteiger partial charge in [0.1, 0.15) is 23.4 Å². The van der Waals surface area contributed by atoms with Crippen LogP contribution in [0, 0.1) is 0 Å². The number of hydrogen-bond donors (Lipinski definition) is 2. The van der Waals surface area contributed by atoms with Gasteiger partial charge in [-0.15, -0.1) is 11.8 Å². The number of nitrogens with zero attached hydrogens (tertiary/aromatic N) is 2. The van der Waals surface area contributed by atoms with E-state index in [2.05, 4.69) is 25.6 Å². The molecule has 0 saturated heterocycles. The van der Waals surface area contributed by atoms with Crippen molar-refractivity contribution in [2.75, 3.05) is 0 Å². The molecule has 1 aromatic heterocycles. The molecule has 0 aliphatic rings. The highest BCUT2D eigenvalue weighted by Gasteiger charge is 2.39. The lowest BCUT2D eigenvalue weighted by Crippen LogP contribution is -2.52. The van der Waals surface area contributed by atoms with E-state index in [1.54, 1.807) is 32.2 Å². The Morgan fingerprint density at radius 3 is 2.28 bits per heavy atom. The van der Waals surface area contributed by atoms with Gasteiger partial charge in [-0.05, 0) is 67.9 Å². The van der Waals surface area contributed by atoms with E-state index in [0.29, 0.717) is 23.8 Å². The topological polar surface area (TPSA) is 111 Å². The van der Waals surface area contributed by atoms with E-state index in [-0.39, 0.29) is 4.90 Å². The third kappa shape index (κ3) is 7.72. The van der Waals surface area contributed by atoms with Crippen LogP contribution in [0.5, 0.6) is 11.5 Å². The van der Waals surface area contributed by atoms with E-state index in [0.717, 1.165) is 15.9 Å². The second-order valence-corrected chi connectivity index (χ2v) is 13.5. The van der Waals surface area contributed by atoms with Crippen molar-refractivity contribution in [3.63, 3.8) is 0 Å². The Morgan fingerprint density at radius 1 is 1.05 bits per heavy atom. The van der Waals surface area contributed by atoms with Gasteiger partial charge in [-0.1, -0.05) is 46.3 Å². The number of aromatic nitrogens is 2. The maximum Gasteiger partial charge on any atom is 0.323 e. The maximum atomic E-state index is 13.1. The monoisotopic (exact) mass is 629 g/mol. The van der Waals surface area contributed by atoms with Crippen LogP contribution in [0.2, 0.25) is 0 Å². The normalized spacial score (nSPS) is 12.7. The fraction of sp³-hybridized carbons (Fsp3) is 0.214. The zero-order valence-corrected chi connectivity index (χ0v) is 24.5. The summed E-state index contributed by atoms with van der Waals surface area (Å²) in [6, 6.07) is 21.6. The molecular formula is C28H28BrN3O5S2. The number of halogens is 1. The molecule has 1 atom stereocenters. The summed E-state index contributed by atoms with van der Waals surface area (Å²) in [6.45, 7) is 4.05. The summed E-state index contributed by atoms with van der Waals surface area (Å²) in [5, 5.41) is 9.97. The Balaban J connectivity index is 1.43. The summed E-state index contributed by atoms with van der Waals surface area (Å²) >= 11 is 4.69. The molecule has 0 aliphatic carbocycles. The summed E-state index contributed by atoms with van der Waals surface area (Å²) in [5.74, 6) is 0.957. The summed E-state index contributed by atoms with van der Waals surface area (Å²) in [7, 11) is -4.13. The average Bonchev–Trinajstić information content (AvgIpc) is 3.35. The molecule has 0 unspecified atom stereocenters. The molecule has 4 aromatic rings. The molecule has 3 aromatic carbocycles. The van der Waals surface area contributed by atoms with Crippen molar-refractivity contribution in [2.45, 2.75) is 41.8 Å². The molecule has 8 nitrogen and oxygen atoms in total. The number of sulfonamides is 1. The van der Waals surface area contributed by atoms with Gasteiger partial charge in [-0.25, -0.2) is 13.4 Å². The van der Waals surface area contributed by atoms with E-state index in [9.17, 15) is 18.3 Å². The highest BCUT2D eigenvalue weighted by atomic mass is 79.9. The highest BCUT2D eigenvalue weighted by Crippen LogP contribution is 2.33. The first kappa shape index (κ1) is 28.9. The van der Waals surface area contributed by atoms with Crippen LogP contribution in [0.4, 0.5) is 0 Å². The summed E-state index contributed by atoms with van der Waals surface area (Å²) in [4.78, 5) is 16.6. The van der Waals surface area contributed by atoms with Crippen molar-refractivity contribution in [1.29, 1.82) is 0 Å². The second kappa shape index (κ2) is 12.4. The molecule has 4 rings (SSSR count). The van der Waals surface area contributed by atoms with Crippen molar-refractivity contribution in [3.05, 3.63) is 107 Å². The number of carboxylic acids is 1. The second-order valence-electron chi connectivity index (χ2n) is 9.27. The van der Waals surface area contributed by atoms with Crippen molar-refractivity contribution in [2.24, 2.45) is 0 Å². The summed E-state index contributed by atoms with van der Waals surface area (Å²) in [6.07, 6.45) is 3.57. The van der Waals surface area contributed by atoms with E-state index in [1.807, 2.05) is 53.2 Å². The molecule has 204 valence electrons. The van der Waals surface area contributed by atoms with Gasteiger partial charge in [0.2, 0.25) is 10.0 Å². The van der Waals surface area contributed by atoms with Gasteiger partial charge in [-0.2, -0.15) is 4.72 Å². The molecule has 11 heteroatoms. The summed E-state index contributed by atoms with van der Waals surface area (Å²) in [5.41, 5.74) is 1.12. The maximum absolute atomic E-state index is 13.1. The number of aliphatic carboxylic acids is 1. The first-order chi connectivity index (χ1) is 18.5. The molecule has 0 aliphatic heterocycles. The number of rotatable bonds is 12. The molecule has 1 heterocycles. The molecule has 0 saturated carbocycles. The minimum absolute atomic E-state index is 0.0592. The predicted molar refractivity (Wildman–Crippen MR) is 156 cm³/mol. The fourth-order valence-electron chi connectivity index (χ4n) is 3.78. The molecule has 2 N–H and O–H groups in total. The molecule has 0 fully saturated rings. The van der Waals surface area contributed by atoms with Crippen LogP contribution >= 0.6 is 27.7 Å². The molecule has 0 spiro atoms. The predicted octanol–water partition coefficient (Wildman–Crippen LogP) is 5.93. The van der Waals surface area contributed by atoms with Gasteiger partial charge in [0.15, 0.2) is 0 Å². The number of carboxylic acid groups (broad SMARTS) is 1. The molecular weight excluding hydrogens is 602 g/mol. The first-order valence-electron chi connectivity index (χ1n) is 12.0. The fourth-order valence-corrected chi connectivity index (χ4v) is 6.52. The van der Waals surface area contributed by atoms with Crippen molar-refractivity contribution in [1.82, 2.24) is 14.3 Å². The van der Waals surface area contributed by atoms with E-state index in [4.69, 9.17) is 4.74 Å². The number of thioether (sulfide) groups is 1. The van der Waals surface area contributed by atoms with Crippen LogP contribution in [0.3, 0.4) is 0 Å². The molecule has 0 bridgehead atoms. The van der Waals surface area contributed by atoms with E-state index in [1.165, 1.54) is 36.0 Å². The first-order valence-corrected chi connectivity index (χ1v) is 15.3. The Hall–Kier alpha value is -3.12. The van der Waals surface area contributed by atoms with Gasteiger partial charge < -0.3 is 14.4 Å². The zero-order valence-electron chi connectivity index (χ0n) is 21.3. The zero-order chi connectivity index (χ0) is 28.0. The third-order valence-electron chi connectivity index (χ3n) is 5.97. The van der Waals surface area contributed by atoms with Crippen LogP contribution in [0.1, 0.15) is 25.2 Å². The van der Waals surface area contributed by atoms with Crippen molar-refractivity contribution in [3.8, 4) is 11.5 Å². The molecule has 39 heavy (non-hydrogen) atoms. The number of imidazole rings is 1. The Morgan fingerprint density at radius 2 is 1.67 bits per heavy atom. The van der Waals surface area contributed by atoms with Gasteiger partial charge in [0, 0.05) is 28.2 Å². The third-order valence-corrected chi connectivity index (χ3v) is 9.32. The smallest absolute Gasteiger partial charge is 0.323 e. The van der Waals surface area contributed by atoms with Gasteiger partial charge in [0.05, 0.1) is 10.6 Å². The summed E-state index contributed by atoms with van der Waals surface area (Å²) < 4.78 is 36.3. The number of ether oxygens (including phenoxy) is 1. The van der Waals surface area contributed by atoms with Crippen LogP contribution in [0.15, 0.2) is 101 Å². The largest absolute Gasteiger partial charge is 0.480 e. The average molecular weight is 631 g/mol. The number of carbonyl (C=O) groups is 1. The quantitative estimate of drug-likeness (QED) is 0.200. The van der Waals surface area contributed by atoms with Gasteiger partial charge in [-0.3, -0.25) is 4.79 Å². The standard InChI is InChI=1S/C28H28BrN3O5S2/c1-28(2,38-19-25-30-16-17-32(25)18-20-6-4-3-5-7-20)26(27(33)34)31-39(35,36)24-14-12-23(13-15-24)37-22-10-8-21(29)9-11-22/h3-17,26,31H,18-19H2,1-2H3,(H,33,34)/t26-/m0/s1. The SMILES string of the molecule is CC(C)(SCc1nccn1Cc1ccccc1)[C@@H](NS(=O)(=O)c1ccc(Oc2ccc(Br)cc2)cc1)C(=O)O. The van der Waals surface area contributed by atoms with E-state index >= 15 is 0 Å². The van der Waals surface area contributed by atoms with Crippen LogP contribution < -0.4 is 9.46 Å². The lowest BCUT2D eigenvalue weighted by atomic mass is 10.1. The Bertz CT molecular complexity index is 1510. The molecule has 0 amide bonds. The van der Waals surface area contributed by atoms with Crippen LogP contribution in [0.25, 0.3) is 0 Å². The highest BCUT2D eigenvalue weighted by molar-refractivity contribution is 9.10. The lowest BCUT2D eigenvalue weighted by molar-refractivity contribution is -0.139. The van der Waals surface area contributed by atoms with Crippen LogP contribution in [-0.2, 0) is 27.1 Å². The number of hydrogen-bond acceptors (Lipinski definition) is 6. The minimum atomic E-state index is -4.13. The number of nitrogens with one attached hydrogen (secondary N) is 1. The Kier molecular flexibility index (Phi) is 9.16. The Labute approximate surface area is 240 Å². The van der Waals surface area contributed by atoms with Crippen LogP contribution in [-0.4, -0.2) is 39.8 Å². The van der Waals surface area contributed by atoms with E-state index < -0.39 is 26.8 Å². The van der Waals surface area contributed by atoms with Gasteiger partial charge in [0.25, 0.3) is 0 Å². The molecule has 0 radical (unpaired) electrons. The number of benzene rings is 3. The van der Waals surface area contributed by atoms with Crippen molar-refractivity contribution >= 4 is 43.7 Å². The van der Waals surface area contributed by atoms with Crippen molar-refractivity contribution < 1.29 is 23.1 Å². The van der Waals surface area contributed by atoms with Gasteiger partial charge >= 0.3 is 5.97 Å².